The van der Waals surface area contributed by atoms with Crippen molar-refractivity contribution >= 4 is 0 Å². The van der Waals surface area contributed by atoms with E-state index in [-0.39, 0.29) is 5.92 Å². The minimum absolute atomic E-state index is 0.211. The van der Waals surface area contributed by atoms with Crippen LogP contribution in [0.15, 0.2) is 30.6 Å². The van der Waals surface area contributed by atoms with Crippen LogP contribution in [0, 0.1) is 5.92 Å². The largest absolute Gasteiger partial charge is 0.492 e. The van der Waals surface area contributed by atoms with Crippen molar-refractivity contribution in [2.24, 2.45) is 5.92 Å². The first kappa shape index (κ1) is 11.3. The number of hydrogen-bond donors (Lipinski definition) is 0. The number of fused-ring (bicyclic) bond motifs is 1. The predicted molar refractivity (Wildman–Crippen MR) is 68.6 cm³/mol. The molecule has 94 valence electrons. The summed E-state index contributed by atoms with van der Waals surface area (Å²) < 4.78 is 7.85. The van der Waals surface area contributed by atoms with Gasteiger partial charge in [-0.05, 0) is 12.0 Å². The van der Waals surface area contributed by atoms with Gasteiger partial charge in [-0.1, -0.05) is 32.0 Å². The number of ether oxygens (including phenoxy) is 1. The van der Waals surface area contributed by atoms with Crippen molar-refractivity contribution in [2.75, 3.05) is 6.61 Å². The second-order valence-electron chi connectivity index (χ2n) is 5.14. The van der Waals surface area contributed by atoms with Gasteiger partial charge in [0.15, 0.2) is 0 Å². The molecule has 1 aromatic heterocycles. The Kier molecular flexibility index (Phi) is 2.78. The second kappa shape index (κ2) is 4.44. The minimum atomic E-state index is 0.211. The predicted octanol–water partition coefficient (Wildman–Crippen LogP) is 2.46. The summed E-state index contributed by atoms with van der Waals surface area (Å²) in [6, 6.07) is 8.17. The molecule has 4 heteroatoms. The van der Waals surface area contributed by atoms with Crippen LogP contribution in [0.1, 0.15) is 31.2 Å². The summed E-state index contributed by atoms with van der Waals surface area (Å²) in [5.74, 6) is 2.77. The van der Waals surface area contributed by atoms with Crippen molar-refractivity contribution in [3.63, 3.8) is 0 Å². The van der Waals surface area contributed by atoms with E-state index < -0.39 is 0 Å². The van der Waals surface area contributed by atoms with Crippen LogP contribution in [0.5, 0.6) is 5.75 Å². The molecule has 0 saturated heterocycles. The van der Waals surface area contributed by atoms with Gasteiger partial charge in [-0.2, -0.15) is 0 Å². The molecule has 1 aliphatic rings. The Morgan fingerprint density at radius 3 is 3.06 bits per heavy atom. The van der Waals surface area contributed by atoms with Gasteiger partial charge in [-0.3, -0.25) is 0 Å². The number of benzene rings is 1. The molecular weight excluding hydrogens is 226 g/mol. The van der Waals surface area contributed by atoms with Crippen LogP contribution < -0.4 is 4.74 Å². The van der Waals surface area contributed by atoms with Crippen LogP contribution in [0.25, 0.3) is 0 Å². The lowest BCUT2D eigenvalue weighted by molar-refractivity contribution is 0.335. The second-order valence-corrected chi connectivity index (χ2v) is 5.14. The third-order valence-electron chi connectivity index (χ3n) is 3.22. The average molecular weight is 243 g/mol. The summed E-state index contributed by atoms with van der Waals surface area (Å²) in [6.45, 7) is 6.00. The van der Waals surface area contributed by atoms with Gasteiger partial charge in [0.1, 0.15) is 24.5 Å². The standard InChI is InChI=1S/C14H17N3O/c1-10(2)7-17-9-15-16-14(17)12-8-18-13-6-4-3-5-11(12)13/h3-6,9-10,12H,7-8H2,1-2H3. The molecule has 0 aliphatic carbocycles. The molecule has 4 nitrogen and oxygen atoms in total. The molecule has 2 heterocycles. The van der Waals surface area contributed by atoms with Crippen molar-refractivity contribution in [1.29, 1.82) is 0 Å². The van der Waals surface area contributed by atoms with E-state index in [1.807, 2.05) is 24.5 Å². The Balaban J connectivity index is 1.95. The van der Waals surface area contributed by atoms with Crippen LogP contribution in [0.4, 0.5) is 0 Å². The van der Waals surface area contributed by atoms with E-state index in [2.05, 4.69) is 34.7 Å². The monoisotopic (exact) mass is 243 g/mol. The van der Waals surface area contributed by atoms with Crippen LogP contribution >= 0.6 is 0 Å². The lowest BCUT2D eigenvalue weighted by Crippen LogP contribution is -2.13. The zero-order valence-corrected chi connectivity index (χ0v) is 10.7. The third-order valence-corrected chi connectivity index (χ3v) is 3.22. The quantitative estimate of drug-likeness (QED) is 0.831. The van der Waals surface area contributed by atoms with Crippen LogP contribution in [-0.4, -0.2) is 21.4 Å². The summed E-state index contributed by atoms with van der Waals surface area (Å²) in [7, 11) is 0. The first-order valence-electron chi connectivity index (χ1n) is 6.35. The van der Waals surface area contributed by atoms with Crippen molar-refractivity contribution < 1.29 is 4.74 Å². The maximum absolute atomic E-state index is 5.71. The lowest BCUT2D eigenvalue weighted by atomic mass is 10.0. The highest BCUT2D eigenvalue weighted by Crippen LogP contribution is 2.36. The van der Waals surface area contributed by atoms with Gasteiger partial charge in [0.2, 0.25) is 0 Å². The molecule has 0 saturated carbocycles. The molecule has 0 bridgehead atoms. The van der Waals surface area contributed by atoms with Gasteiger partial charge >= 0.3 is 0 Å². The first-order valence-corrected chi connectivity index (χ1v) is 6.35. The van der Waals surface area contributed by atoms with E-state index in [9.17, 15) is 0 Å². The average Bonchev–Trinajstić information content (AvgIpc) is 2.94. The van der Waals surface area contributed by atoms with Crippen LogP contribution in [-0.2, 0) is 6.54 Å². The highest BCUT2D eigenvalue weighted by Gasteiger charge is 2.29. The molecule has 18 heavy (non-hydrogen) atoms. The molecule has 2 aromatic rings. The molecule has 1 aromatic carbocycles. The van der Waals surface area contributed by atoms with E-state index in [1.54, 1.807) is 0 Å². The molecule has 0 amide bonds. The van der Waals surface area contributed by atoms with E-state index in [0.717, 1.165) is 18.1 Å². The Bertz CT molecular complexity index is 547. The summed E-state index contributed by atoms with van der Waals surface area (Å²) in [6.07, 6.45) is 1.82. The highest BCUT2D eigenvalue weighted by molar-refractivity contribution is 5.42. The molecule has 0 radical (unpaired) electrons. The Morgan fingerprint density at radius 2 is 2.22 bits per heavy atom. The number of rotatable bonds is 3. The van der Waals surface area contributed by atoms with Gasteiger partial charge in [-0.25, -0.2) is 0 Å². The molecular formula is C14H17N3O. The highest BCUT2D eigenvalue weighted by atomic mass is 16.5. The van der Waals surface area contributed by atoms with Crippen LogP contribution in [0.3, 0.4) is 0 Å². The third kappa shape index (κ3) is 1.88. The molecule has 0 spiro atoms. The Morgan fingerprint density at radius 1 is 1.39 bits per heavy atom. The fourth-order valence-corrected chi connectivity index (χ4v) is 2.44. The fraction of sp³-hybridized carbons (Fsp3) is 0.429. The number of hydrogen-bond acceptors (Lipinski definition) is 3. The number of para-hydroxylation sites is 1. The lowest BCUT2D eigenvalue weighted by Gasteiger charge is -2.12. The summed E-state index contributed by atoms with van der Waals surface area (Å²) in [5, 5.41) is 8.33. The van der Waals surface area contributed by atoms with E-state index in [4.69, 9.17) is 4.74 Å². The van der Waals surface area contributed by atoms with Crippen molar-refractivity contribution in [3.8, 4) is 5.75 Å². The summed E-state index contributed by atoms with van der Waals surface area (Å²) in [5.41, 5.74) is 1.22. The topological polar surface area (TPSA) is 39.9 Å². The van der Waals surface area contributed by atoms with Gasteiger partial charge in [0.05, 0.1) is 5.92 Å². The normalized spacial score (nSPS) is 17.8. The van der Waals surface area contributed by atoms with Crippen molar-refractivity contribution in [2.45, 2.75) is 26.3 Å². The van der Waals surface area contributed by atoms with Crippen molar-refractivity contribution in [1.82, 2.24) is 14.8 Å². The Labute approximate surface area is 107 Å². The number of nitrogens with zero attached hydrogens (tertiary/aromatic N) is 3. The molecule has 3 rings (SSSR count). The van der Waals surface area contributed by atoms with Gasteiger partial charge in [0.25, 0.3) is 0 Å². The van der Waals surface area contributed by atoms with Gasteiger partial charge < -0.3 is 9.30 Å². The fourth-order valence-electron chi connectivity index (χ4n) is 2.44. The SMILES string of the molecule is CC(C)Cn1cnnc1C1COc2ccccc21. The maximum Gasteiger partial charge on any atom is 0.143 e. The van der Waals surface area contributed by atoms with Gasteiger partial charge in [-0.15, -0.1) is 10.2 Å². The van der Waals surface area contributed by atoms with Crippen molar-refractivity contribution in [3.05, 3.63) is 42.0 Å². The Hall–Kier alpha value is -1.84. The minimum Gasteiger partial charge on any atom is -0.492 e. The molecule has 1 unspecified atom stereocenters. The molecule has 0 N–H and O–H groups in total. The smallest absolute Gasteiger partial charge is 0.143 e. The maximum atomic E-state index is 5.71. The van der Waals surface area contributed by atoms with Crippen LogP contribution in [0.2, 0.25) is 0 Å². The molecule has 1 aliphatic heterocycles. The number of aromatic nitrogens is 3. The summed E-state index contributed by atoms with van der Waals surface area (Å²) in [4.78, 5) is 0. The van der Waals surface area contributed by atoms with E-state index >= 15 is 0 Å². The first-order chi connectivity index (χ1) is 8.75. The molecule has 0 fully saturated rings. The van der Waals surface area contributed by atoms with E-state index in [0.29, 0.717) is 12.5 Å². The summed E-state index contributed by atoms with van der Waals surface area (Å²) >= 11 is 0. The zero-order valence-electron chi connectivity index (χ0n) is 10.7. The van der Waals surface area contributed by atoms with E-state index in [1.165, 1.54) is 5.56 Å². The zero-order chi connectivity index (χ0) is 12.5. The molecule has 1 atom stereocenters. The van der Waals surface area contributed by atoms with Gasteiger partial charge in [0, 0.05) is 12.1 Å².